The highest BCUT2D eigenvalue weighted by Crippen LogP contribution is 2.24. The first-order valence-electron chi connectivity index (χ1n) is 8.02. The lowest BCUT2D eigenvalue weighted by Crippen LogP contribution is -2.41. The molecule has 1 fully saturated rings. The molecule has 4 heteroatoms. The van der Waals surface area contributed by atoms with Gasteiger partial charge < -0.3 is 14.6 Å². The molecule has 1 aliphatic heterocycles. The molecule has 0 spiro atoms. The van der Waals surface area contributed by atoms with Crippen molar-refractivity contribution >= 4 is 16.8 Å². The summed E-state index contributed by atoms with van der Waals surface area (Å²) >= 11 is 0. The number of nitrogens with one attached hydrogen (secondary N) is 1. The zero-order valence-corrected chi connectivity index (χ0v) is 13.2. The van der Waals surface area contributed by atoms with Crippen molar-refractivity contribution in [3.63, 3.8) is 0 Å². The molecule has 0 aliphatic carbocycles. The molecule has 0 amide bonds. The van der Waals surface area contributed by atoms with Gasteiger partial charge in [0.1, 0.15) is 5.52 Å². The van der Waals surface area contributed by atoms with Crippen LogP contribution in [0.3, 0.4) is 0 Å². The fraction of sp³-hybridized carbons (Fsp3) is 0.588. The van der Waals surface area contributed by atoms with Gasteiger partial charge in [-0.05, 0) is 57.0 Å². The number of anilines is 1. The van der Waals surface area contributed by atoms with Crippen molar-refractivity contribution in [3.8, 4) is 0 Å². The first kappa shape index (κ1) is 14.4. The van der Waals surface area contributed by atoms with E-state index in [1.165, 1.54) is 25.9 Å². The predicted octanol–water partition coefficient (Wildman–Crippen LogP) is 3.67. The number of hydrogen-bond donors (Lipinski definition) is 1. The second kappa shape index (κ2) is 6.06. The molecule has 21 heavy (non-hydrogen) atoms. The highest BCUT2D eigenvalue weighted by molar-refractivity contribution is 5.77. The van der Waals surface area contributed by atoms with Crippen molar-refractivity contribution < 1.29 is 4.42 Å². The Morgan fingerprint density at radius 2 is 2.33 bits per heavy atom. The SMILES string of the molecule is CCN1CCCC(C(C)Nc2ccc3oc(C)nc3c2)C1. The molecule has 1 aromatic heterocycles. The normalized spacial score (nSPS) is 21.6. The Bertz CT molecular complexity index is 607. The topological polar surface area (TPSA) is 41.3 Å². The average molecular weight is 287 g/mol. The van der Waals surface area contributed by atoms with Crippen molar-refractivity contribution in [3.05, 3.63) is 24.1 Å². The summed E-state index contributed by atoms with van der Waals surface area (Å²) in [7, 11) is 0. The molecule has 2 atom stereocenters. The fourth-order valence-corrected chi connectivity index (χ4v) is 3.30. The molecule has 3 rings (SSSR count). The lowest BCUT2D eigenvalue weighted by molar-refractivity contribution is 0.172. The molecule has 1 aliphatic rings. The standard InChI is InChI=1S/C17H25N3O/c1-4-20-9-5-6-14(11-20)12(2)18-15-7-8-17-16(10-15)19-13(3)21-17/h7-8,10,12,14,18H,4-6,9,11H2,1-3H3. The van der Waals surface area contributed by atoms with E-state index in [0.29, 0.717) is 12.0 Å². The minimum Gasteiger partial charge on any atom is -0.441 e. The summed E-state index contributed by atoms with van der Waals surface area (Å²) < 4.78 is 5.53. The lowest BCUT2D eigenvalue weighted by atomic mass is 9.91. The minimum atomic E-state index is 0.477. The van der Waals surface area contributed by atoms with Gasteiger partial charge in [0.15, 0.2) is 11.5 Å². The van der Waals surface area contributed by atoms with Gasteiger partial charge in [0.25, 0.3) is 0 Å². The quantitative estimate of drug-likeness (QED) is 0.931. The van der Waals surface area contributed by atoms with E-state index < -0.39 is 0 Å². The van der Waals surface area contributed by atoms with Gasteiger partial charge in [-0.1, -0.05) is 6.92 Å². The average Bonchev–Trinajstić information content (AvgIpc) is 2.86. The molecular weight excluding hydrogens is 262 g/mol. The molecule has 1 saturated heterocycles. The van der Waals surface area contributed by atoms with Crippen LogP contribution in [0.2, 0.25) is 0 Å². The van der Waals surface area contributed by atoms with Crippen LogP contribution in [-0.2, 0) is 0 Å². The molecule has 4 nitrogen and oxygen atoms in total. The Morgan fingerprint density at radius 3 is 3.14 bits per heavy atom. The van der Waals surface area contributed by atoms with E-state index in [-0.39, 0.29) is 0 Å². The number of oxazole rings is 1. The first-order valence-corrected chi connectivity index (χ1v) is 8.02. The van der Waals surface area contributed by atoms with Crippen LogP contribution >= 0.6 is 0 Å². The minimum absolute atomic E-state index is 0.477. The van der Waals surface area contributed by atoms with Crippen molar-refractivity contribution in [1.82, 2.24) is 9.88 Å². The Kier molecular flexibility index (Phi) is 4.15. The summed E-state index contributed by atoms with van der Waals surface area (Å²) in [5.41, 5.74) is 2.93. The van der Waals surface area contributed by atoms with Crippen LogP contribution in [0.4, 0.5) is 5.69 Å². The maximum absolute atomic E-state index is 5.53. The molecular formula is C17H25N3O. The summed E-state index contributed by atoms with van der Waals surface area (Å²) in [6.45, 7) is 10.0. The molecule has 0 radical (unpaired) electrons. The summed E-state index contributed by atoms with van der Waals surface area (Å²) in [6.07, 6.45) is 2.63. The van der Waals surface area contributed by atoms with E-state index in [9.17, 15) is 0 Å². The molecule has 1 aromatic carbocycles. The van der Waals surface area contributed by atoms with Crippen LogP contribution < -0.4 is 5.32 Å². The van der Waals surface area contributed by atoms with Crippen LogP contribution in [0.15, 0.2) is 22.6 Å². The third-order valence-electron chi connectivity index (χ3n) is 4.59. The molecule has 0 saturated carbocycles. The molecule has 1 N–H and O–H groups in total. The number of hydrogen-bond acceptors (Lipinski definition) is 4. The van der Waals surface area contributed by atoms with Crippen LogP contribution in [0.1, 0.15) is 32.6 Å². The van der Waals surface area contributed by atoms with E-state index in [1.807, 2.05) is 13.0 Å². The smallest absolute Gasteiger partial charge is 0.192 e. The number of rotatable bonds is 4. The Balaban J connectivity index is 1.68. The molecule has 114 valence electrons. The van der Waals surface area contributed by atoms with Crippen molar-refractivity contribution in [2.45, 2.75) is 39.7 Å². The summed E-state index contributed by atoms with van der Waals surface area (Å²) in [4.78, 5) is 6.96. The Labute approximate surface area is 126 Å². The Hall–Kier alpha value is -1.55. The van der Waals surface area contributed by atoms with E-state index in [0.717, 1.165) is 29.2 Å². The lowest BCUT2D eigenvalue weighted by Gasteiger charge is -2.35. The third kappa shape index (κ3) is 3.21. The highest BCUT2D eigenvalue weighted by Gasteiger charge is 2.23. The number of aromatic nitrogens is 1. The van der Waals surface area contributed by atoms with Crippen LogP contribution in [-0.4, -0.2) is 35.6 Å². The van der Waals surface area contributed by atoms with Crippen LogP contribution in [0.5, 0.6) is 0 Å². The molecule has 2 unspecified atom stereocenters. The van der Waals surface area contributed by atoms with E-state index in [2.05, 4.69) is 41.2 Å². The van der Waals surface area contributed by atoms with E-state index in [4.69, 9.17) is 4.42 Å². The first-order chi connectivity index (χ1) is 10.2. The number of benzene rings is 1. The monoisotopic (exact) mass is 287 g/mol. The number of fused-ring (bicyclic) bond motifs is 1. The number of nitrogens with zero attached hydrogens (tertiary/aromatic N) is 2. The van der Waals surface area contributed by atoms with Gasteiger partial charge in [0.05, 0.1) is 0 Å². The van der Waals surface area contributed by atoms with Gasteiger partial charge in [-0.15, -0.1) is 0 Å². The van der Waals surface area contributed by atoms with Gasteiger partial charge in [-0.25, -0.2) is 4.98 Å². The molecule has 2 heterocycles. The van der Waals surface area contributed by atoms with Gasteiger partial charge in [0, 0.05) is 25.2 Å². The summed E-state index contributed by atoms with van der Waals surface area (Å²) in [5.74, 6) is 1.44. The predicted molar refractivity (Wildman–Crippen MR) is 86.7 cm³/mol. The zero-order valence-electron chi connectivity index (χ0n) is 13.2. The second-order valence-electron chi connectivity index (χ2n) is 6.14. The summed E-state index contributed by atoms with van der Waals surface area (Å²) in [6, 6.07) is 6.65. The largest absolute Gasteiger partial charge is 0.441 e. The molecule has 2 aromatic rings. The van der Waals surface area contributed by atoms with E-state index in [1.54, 1.807) is 0 Å². The zero-order chi connectivity index (χ0) is 14.8. The third-order valence-corrected chi connectivity index (χ3v) is 4.59. The van der Waals surface area contributed by atoms with Crippen molar-refractivity contribution in [1.29, 1.82) is 0 Å². The highest BCUT2D eigenvalue weighted by atomic mass is 16.3. The maximum Gasteiger partial charge on any atom is 0.192 e. The van der Waals surface area contributed by atoms with E-state index >= 15 is 0 Å². The van der Waals surface area contributed by atoms with Gasteiger partial charge in [0.2, 0.25) is 0 Å². The van der Waals surface area contributed by atoms with Gasteiger partial charge in [-0.2, -0.15) is 0 Å². The molecule has 0 bridgehead atoms. The number of aryl methyl sites for hydroxylation is 1. The van der Waals surface area contributed by atoms with Crippen molar-refractivity contribution in [2.75, 3.05) is 25.0 Å². The van der Waals surface area contributed by atoms with Gasteiger partial charge in [-0.3, -0.25) is 0 Å². The number of likely N-dealkylation sites (tertiary alicyclic amines) is 1. The van der Waals surface area contributed by atoms with Gasteiger partial charge >= 0.3 is 0 Å². The maximum atomic E-state index is 5.53. The second-order valence-corrected chi connectivity index (χ2v) is 6.14. The number of piperidine rings is 1. The van der Waals surface area contributed by atoms with Crippen LogP contribution in [0.25, 0.3) is 11.1 Å². The van der Waals surface area contributed by atoms with Crippen LogP contribution in [0, 0.1) is 12.8 Å². The van der Waals surface area contributed by atoms with Crippen molar-refractivity contribution in [2.24, 2.45) is 5.92 Å². The summed E-state index contributed by atoms with van der Waals surface area (Å²) in [5, 5.41) is 3.65. The Morgan fingerprint density at radius 1 is 1.48 bits per heavy atom. The fourth-order valence-electron chi connectivity index (χ4n) is 3.30.